The van der Waals surface area contributed by atoms with Gasteiger partial charge in [0, 0.05) is 43.3 Å². The zero-order chi connectivity index (χ0) is 29.3. The fourth-order valence-electron chi connectivity index (χ4n) is 5.49. The molecule has 2 aromatic rings. The molecule has 9 nitrogen and oxygen atoms in total. The Morgan fingerprint density at radius 2 is 1.85 bits per heavy atom. The summed E-state index contributed by atoms with van der Waals surface area (Å²) >= 11 is 0. The highest BCUT2D eigenvalue weighted by Crippen LogP contribution is 2.49. The van der Waals surface area contributed by atoms with E-state index >= 15 is 0 Å². The van der Waals surface area contributed by atoms with Gasteiger partial charge in [0.25, 0.3) is 0 Å². The Morgan fingerprint density at radius 3 is 2.52 bits per heavy atom. The van der Waals surface area contributed by atoms with Crippen molar-refractivity contribution in [2.75, 3.05) is 63.0 Å². The first kappa shape index (κ1) is 31.9. The van der Waals surface area contributed by atoms with Crippen molar-refractivity contribution < 1.29 is 32.9 Å². The van der Waals surface area contributed by atoms with Crippen LogP contribution in [0.4, 0.5) is 11.4 Å². The lowest BCUT2D eigenvalue weighted by Gasteiger charge is -2.39. The van der Waals surface area contributed by atoms with Crippen LogP contribution in [-0.4, -0.2) is 83.5 Å². The van der Waals surface area contributed by atoms with E-state index in [0.717, 1.165) is 29.8 Å². The van der Waals surface area contributed by atoms with E-state index in [1.165, 1.54) is 0 Å². The zero-order valence-corrected chi connectivity index (χ0v) is 24.9. The SMILES string of the molecule is CCCCC1(CC)CS(=O)(=O)c2ccc(N(C)C)cc2C(c2cccc(NCCOCCOCC(=O)O)c2)C1O. The summed E-state index contributed by atoms with van der Waals surface area (Å²) in [4.78, 5) is 12.7. The Kier molecular flexibility index (Phi) is 11.4. The Labute approximate surface area is 238 Å². The van der Waals surface area contributed by atoms with Gasteiger partial charge in [0.15, 0.2) is 9.84 Å². The molecule has 0 radical (unpaired) electrons. The fraction of sp³-hybridized carbons (Fsp3) is 0.567. The van der Waals surface area contributed by atoms with Crippen LogP contribution in [0.5, 0.6) is 0 Å². The molecule has 1 heterocycles. The third-order valence-corrected chi connectivity index (χ3v) is 9.75. The number of aliphatic hydroxyl groups excluding tert-OH is 1. The lowest BCUT2D eigenvalue weighted by atomic mass is 9.69. The van der Waals surface area contributed by atoms with Crippen molar-refractivity contribution in [1.29, 1.82) is 0 Å². The largest absolute Gasteiger partial charge is 0.480 e. The van der Waals surface area contributed by atoms with Gasteiger partial charge < -0.3 is 29.9 Å². The summed E-state index contributed by atoms with van der Waals surface area (Å²) in [6, 6.07) is 13.2. The van der Waals surface area contributed by atoms with E-state index in [9.17, 15) is 18.3 Å². The van der Waals surface area contributed by atoms with Crippen LogP contribution in [0.3, 0.4) is 0 Å². The Bertz CT molecular complexity index is 1230. The number of benzene rings is 2. The van der Waals surface area contributed by atoms with E-state index in [1.54, 1.807) is 6.07 Å². The number of hydrogen-bond acceptors (Lipinski definition) is 8. The lowest BCUT2D eigenvalue weighted by molar-refractivity contribution is -0.142. The van der Waals surface area contributed by atoms with E-state index in [2.05, 4.69) is 12.2 Å². The number of carboxylic acids is 1. The molecule has 222 valence electrons. The van der Waals surface area contributed by atoms with Crippen molar-refractivity contribution in [1.82, 2.24) is 0 Å². The number of aliphatic hydroxyl groups is 1. The van der Waals surface area contributed by atoms with Crippen LogP contribution in [-0.2, 0) is 24.1 Å². The van der Waals surface area contributed by atoms with Crippen LogP contribution < -0.4 is 10.2 Å². The highest BCUT2D eigenvalue weighted by atomic mass is 32.2. The zero-order valence-electron chi connectivity index (χ0n) is 24.1. The van der Waals surface area contributed by atoms with E-state index in [4.69, 9.17) is 14.6 Å². The second-order valence-corrected chi connectivity index (χ2v) is 12.7. The predicted octanol–water partition coefficient (Wildman–Crippen LogP) is 4.15. The van der Waals surface area contributed by atoms with E-state index < -0.39 is 33.2 Å². The van der Waals surface area contributed by atoms with Gasteiger partial charge in [-0.25, -0.2) is 13.2 Å². The topological polar surface area (TPSA) is 125 Å². The number of unbranched alkanes of at least 4 members (excludes halogenated alkanes) is 1. The quantitative estimate of drug-likeness (QED) is 0.268. The number of carboxylic acid groups (broad SMARTS) is 1. The standard InChI is InChI=1S/C30H44N2O7S/c1-5-7-13-30(6-2)21-40(36,37)26-12-11-24(32(3)4)19-25(26)28(29(30)35)22-9-8-10-23(18-22)31-14-15-38-16-17-39-20-27(33)34/h8-12,18-19,28-29,31,35H,5-7,13-17,20-21H2,1-4H3,(H,33,34). The van der Waals surface area contributed by atoms with Crippen LogP contribution in [0.1, 0.15) is 56.6 Å². The van der Waals surface area contributed by atoms with Gasteiger partial charge in [-0.05, 0) is 54.3 Å². The molecule has 0 saturated heterocycles. The van der Waals surface area contributed by atoms with Crippen LogP contribution in [0.15, 0.2) is 47.4 Å². The van der Waals surface area contributed by atoms with Gasteiger partial charge in [-0.15, -0.1) is 0 Å². The van der Waals surface area contributed by atoms with Crippen LogP contribution >= 0.6 is 0 Å². The van der Waals surface area contributed by atoms with Crippen molar-refractivity contribution in [2.45, 2.75) is 56.4 Å². The Balaban J connectivity index is 1.92. The molecule has 3 N–H and O–H groups in total. The van der Waals surface area contributed by atoms with Crippen molar-refractivity contribution in [3.8, 4) is 0 Å². The summed E-state index contributed by atoms with van der Waals surface area (Å²) in [6.45, 7) is 5.13. The van der Waals surface area contributed by atoms with Gasteiger partial charge in [0.05, 0.1) is 36.6 Å². The first-order valence-corrected chi connectivity index (χ1v) is 15.6. The smallest absolute Gasteiger partial charge is 0.329 e. The molecule has 3 rings (SSSR count). The van der Waals surface area contributed by atoms with Crippen LogP contribution in [0.25, 0.3) is 0 Å². The first-order chi connectivity index (χ1) is 19.0. The van der Waals surface area contributed by atoms with Crippen molar-refractivity contribution in [3.05, 3.63) is 53.6 Å². The summed E-state index contributed by atoms with van der Waals surface area (Å²) < 4.78 is 38.1. The number of nitrogens with zero attached hydrogens (tertiary/aromatic N) is 1. The molecule has 0 spiro atoms. The molecule has 3 atom stereocenters. The minimum absolute atomic E-state index is 0.0755. The first-order valence-electron chi connectivity index (χ1n) is 14.0. The third-order valence-electron chi connectivity index (χ3n) is 7.75. The molecular weight excluding hydrogens is 532 g/mol. The number of aliphatic carboxylic acids is 1. The number of hydrogen-bond donors (Lipinski definition) is 3. The maximum atomic E-state index is 13.8. The molecule has 0 aliphatic carbocycles. The maximum Gasteiger partial charge on any atom is 0.329 e. The number of nitrogens with one attached hydrogen (secondary N) is 1. The van der Waals surface area contributed by atoms with Crippen molar-refractivity contribution in [3.63, 3.8) is 0 Å². The number of fused-ring (bicyclic) bond motifs is 1. The summed E-state index contributed by atoms with van der Waals surface area (Å²) in [5, 5.41) is 24.1. The fourth-order valence-corrected chi connectivity index (χ4v) is 7.75. The third kappa shape index (κ3) is 7.75. The van der Waals surface area contributed by atoms with Gasteiger partial charge in [-0.2, -0.15) is 0 Å². The number of anilines is 2. The highest BCUT2D eigenvalue weighted by Gasteiger charge is 2.49. The molecule has 2 aromatic carbocycles. The molecule has 10 heteroatoms. The Hall–Kier alpha value is -2.66. The monoisotopic (exact) mass is 576 g/mol. The molecule has 1 aliphatic heterocycles. The van der Waals surface area contributed by atoms with Gasteiger partial charge >= 0.3 is 5.97 Å². The van der Waals surface area contributed by atoms with E-state index in [1.807, 2.05) is 62.3 Å². The van der Waals surface area contributed by atoms with E-state index in [0.29, 0.717) is 43.1 Å². The van der Waals surface area contributed by atoms with Gasteiger partial charge in [-0.3, -0.25) is 0 Å². The molecule has 0 fully saturated rings. The summed E-state index contributed by atoms with van der Waals surface area (Å²) in [5.41, 5.74) is 2.43. The normalized spacial score (nSPS) is 21.8. The molecule has 1 aliphatic rings. The highest BCUT2D eigenvalue weighted by molar-refractivity contribution is 7.91. The van der Waals surface area contributed by atoms with Gasteiger partial charge in [0.1, 0.15) is 6.61 Å². The second kappa shape index (κ2) is 14.3. The molecule has 3 unspecified atom stereocenters. The average molecular weight is 577 g/mol. The van der Waals surface area contributed by atoms with Gasteiger partial charge in [-0.1, -0.05) is 38.8 Å². The average Bonchev–Trinajstić information content (AvgIpc) is 2.99. The van der Waals surface area contributed by atoms with Crippen molar-refractivity contribution in [2.24, 2.45) is 5.41 Å². The number of carbonyl (C=O) groups is 1. The van der Waals surface area contributed by atoms with Crippen LogP contribution in [0.2, 0.25) is 0 Å². The Morgan fingerprint density at radius 1 is 1.10 bits per heavy atom. The van der Waals surface area contributed by atoms with Gasteiger partial charge in [0.2, 0.25) is 0 Å². The summed E-state index contributed by atoms with van der Waals surface area (Å²) in [6.07, 6.45) is 2.07. The summed E-state index contributed by atoms with van der Waals surface area (Å²) in [7, 11) is 0.194. The predicted molar refractivity (Wildman–Crippen MR) is 157 cm³/mol. The minimum Gasteiger partial charge on any atom is -0.480 e. The molecule has 0 saturated carbocycles. The van der Waals surface area contributed by atoms with E-state index in [-0.39, 0.29) is 19.0 Å². The van der Waals surface area contributed by atoms with Crippen LogP contribution in [0, 0.1) is 5.41 Å². The molecule has 0 aromatic heterocycles. The molecule has 40 heavy (non-hydrogen) atoms. The van der Waals surface area contributed by atoms with Crippen molar-refractivity contribution >= 4 is 27.2 Å². The molecule has 0 bridgehead atoms. The summed E-state index contributed by atoms with van der Waals surface area (Å²) in [5.74, 6) is -1.61. The second-order valence-electron chi connectivity index (χ2n) is 10.7. The molecule has 0 amide bonds. The number of sulfone groups is 1. The number of ether oxygens (including phenoxy) is 2. The lowest BCUT2D eigenvalue weighted by Crippen LogP contribution is -2.42. The number of rotatable bonds is 15. The molecular formula is C30H44N2O7S. The minimum atomic E-state index is -3.64. The maximum absolute atomic E-state index is 13.8.